The molecular formula is C13H22BrN3O. The first kappa shape index (κ1) is 15.4. The van der Waals surface area contributed by atoms with Gasteiger partial charge in [0.25, 0.3) is 0 Å². The van der Waals surface area contributed by atoms with Crippen LogP contribution in [0.25, 0.3) is 0 Å². The van der Waals surface area contributed by atoms with Gasteiger partial charge >= 0.3 is 0 Å². The van der Waals surface area contributed by atoms with E-state index in [0.717, 1.165) is 34.8 Å². The van der Waals surface area contributed by atoms with Gasteiger partial charge in [-0.2, -0.15) is 0 Å². The van der Waals surface area contributed by atoms with Gasteiger partial charge in [0.05, 0.1) is 10.2 Å². The summed E-state index contributed by atoms with van der Waals surface area (Å²) in [4.78, 5) is 9.17. The van der Waals surface area contributed by atoms with E-state index in [0.29, 0.717) is 6.61 Å². The molecule has 18 heavy (non-hydrogen) atoms. The lowest BCUT2D eigenvalue weighted by Gasteiger charge is -2.24. The Hall–Kier alpha value is -0.680. The molecule has 4 nitrogen and oxygen atoms in total. The molecule has 0 aliphatic rings. The molecule has 0 amide bonds. The Kier molecular flexibility index (Phi) is 5.53. The Morgan fingerprint density at radius 1 is 1.22 bits per heavy atom. The number of aromatic nitrogens is 2. The van der Waals surface area contributed by atoms with Crippen LogP contribution in [0.15, 0.2) is 4.47 Å². The highest BCUT2D eigenvalue weighted by molar-refractivity contribution is 9.10. The second-order valence-electron chi connectivity index (χ2n) is 4.48. The van der Waals surface area contributed by atoms with Crippen molar-refractivity contribution in [3.05, 3.63) is 16.0 Å². The average molecular weight is 316 g/mol. The van der Waals surface area contributed by atoms with Gasteiger partial charge < -0.3 is 10.1 Å². The van der Waals surface area contributed by atoms with Crippen molar-refractivity contribution in [2.45, 2.75) is 46.6 Å². The topological polar surface area (TPSA) is 47.0 Å². The molecule has 0 saturated heterocycles. The Bertz CT molecular complexity index is 407. The van der Waals surface area contributed by atoms with E-state index >= 15 is 0 Å². The number of hydrogen-bond acceptors (Lipinski definition) is 4. The molecule has 0 unspecified atom stereocenters. The first-order valence-electron chi connectivity index (χ1n) is 6.40. The molecule has 1 rings (SSSR count). The highest BCUT2D eigenvalue weighted by Gasteiger charge is 2.26. The molecule has 0 fully saturated rings. The maximum atomic E-state index is 5.72. The predicted octanol–water partition coefficient (Wildman–Crippen LogP) is 3.50. The highest BCUT2D eigenvalue weighted by Crippen LogP contribution is 2.29. The number of nitrogens with one attached hydrogen (secondary N) is 1. The molecular weight excluding hydrogens is 294 g/mol. The molecule has 0 spiro atoms. The Balaban J connectivity index is 3.24. The Morgan fingerprint density at radius 2 is 1.89 bits per heavy atom. The maximum absolute atomic E-state index is 5.72. The average Bonchev–Trinajstić information content (AvgIpc) is 2.31. The van der Waals surface area contributed by atoms with Gasteiger partial charge in [-0.15, -0.1) is 0 Å². The third-order valence-electron chi connectivity index (χ3n) is 2.64. The summed E-state index contributed by atoms with van der Waals surface area (Å²) >= 11 is 3.55. The van der Waals surface area contributed by atoms with Crippen LogP contribution >= 0.6 is 15.9 Å². The highest BCUT2D eigenvalue weighted by atomic mass is 79.9. The van der Waals surface area contributed by atoms with E-state index in [4.69, 9.17) is 4.74 Å². The van der Waals surface area contributed by atoms with E-state index in [1.165, 1.54) is 0 Å². The van der Waals surface area contributed by atoms with Crippen LogP contribution in [0.3, 0.4) is 0 Å². The summed E-state index contributed by atoms with van der Waals surface area (Å²) in [6.07, 6.45) is 0.858. The molecule has 102 valence electrons. The molecule has 1 aromatic heterocycles. The third kappa shape index (κ3) is 3.42. The molecule has 0 aromatic carbocycles. The lowest BCUT2D eigenvalue weighted by atomic mass is 10.1. The fraction of sp³-hybridized carbons (Fsp3) is 0.692. The fourth-order valence-corrected chi connectivity index (χ4v) is 2.30. The molecule has 0 atom stereocenters. The minimum absolute atomic E-state index is 0.469. The van der Waals surface area contributed by atoms with Gasteiger partial charge in [0.15, 0.2) is 5.82 Å². The van der Waals surface area contributed by atoms with E-state index in [1.807, 2.05) is 27.7 Å². The summed E-state index contributed by atoms with van der Waals surface area (Å²) < 4.78 is 6.67. The lowest BCUT2D eigenvalue weighted by Crippen LogP contribution is -2.26. The number of hydrogen-bond donors (Lipinski definition) is 1. The van der Waals surface area contributed by atoms with Crippen LogP contribution in [0.5, 0.6) is 0 Å². The van der Waals surface area contributed by atoms with Crippen LogP contribution in [0.1, 0.15) is 46.1 Å². The number of ether oxygens (including phenoxy) is 1. The second kappa shape index (κ2) is 6.48. The molecule has 0 aliphatic heterocycles. The van der Waals surface area contributed by atoms with Gasteiger partial charge in [-0.1, -0.05) is 6.92 Å². The molecule has 0 radical (unpaired) electrons. The number of nitrogens with zero attached hydrogens (tertiary/aromatic N) is 2. The molecule has 1 N–H and O–H groups in total. The third-order valence-corrected chi connectivity index (χ3v) is 3.48. The van der Waals surface area contributed by atoms with Crippen molar-refractivity contribution in [1.29, 1.82) is 0 Å². The summed E-state index contributed by atoms with van der Waals surface area (Å²) in [6, 6.07) is 0. The van der Waals surface area contributed by atoms with Crippen LogP contribution < -0.4 is 5.32 Å². The SMILES string of the molecule is CCNc1nc(C(C)(C)OCC)nc(CC)c1Br. The minimum atomic E-state index is -0.469. The normalized spacial score (nSPS) is 11.7. The van der Waals surface area contributed by atoms with Crippen LogP contribution in [0.2, 0.25) is 0 Å². The summed E-state index contributed by atoms with van der Waals surface area (Å²) in [5.74, 6) is 1.56. The smallest absolute Gasteiger partial charge is 0.162 e. The van der Waals surface area contributed by atoms with Crippen molar-refractivity contribution in [3.8, 4) is 0 Å². The van der Waals surface area contributed by atoms with E-state index < -0.39 is 5.60 Å². The molecule has 5 heteroatoms. The van der Waals surface area contributed by atoms with Gasteiger partial charge in [0, 0.05) is 13.2 Å². The van der Waals surface area contributed by atoms with Gasteiger partial charge in [0.1, 0.15) is 11.4 Å². The zero-order chi connectivity index (χ0) is 13.8. The number of halogens is 1. The quantitative estimate of drug-likeness (QED) is 0.872. The first-order valence-corrected chi connectivity index (χ1v) is 7.20. The molecule has 0 aliphatic carbocycles. The van der Waals surface area contributed by atoms with E-state index in [2.05, 4.69) is 38.1 Å². The first-order chi connectivity index (χ1) is 8.46. The van der Waals surface area contributed by atoms with Gasteiger partial charge in [0.2, 0.25) is 0 Å². The van der Waals surface area contributed by atoms with E-state index in [1.54, 1.807) is 0 Å². The van der Waals surface area contributed by atoms with Gasteiger partial charge in [-0.25, -0.2) is 9.97 Å². The lowest BCUT2D eigenvalue weighted by molar-refractivity contribution is -0.0208. The van der Waals surface area contributed by atoms with Crippen LogP contribution in [-0.2, 0) is 16.8 Å². The number of rotatable bonds is 6. The maximum Gasteiger partial charge on any atom is 0.162 e. The monoisotopic (exact) mass is 315 g/mol. The molecule has 0 bridgehead atoms. The Labute approximate surface area is 118 Å². The largest absolute Gasteiger partial charge is 0.369 e. The molecule has 1 aromatic rings. The molecule has 1 heterocycles. The van der Waals surface area contributed by atoms with E-state index in [-0.39, 0.29) is 0 Å². The predicted molar refractivity (Wildman–Crippen MR) is 77.9 cm³/mol. The van der Waals surface area contributed by atoms with Crippen LogP contribution in [0.4, 0.5) is 5.82 Å². The standard InChI is InChI=1S/C13H22BrN3O/c1-6-9-10(14)11(15-7-2)17-12(16-9)13(4,5)18-8-3/h6-8H2,1-5H3,(H,15,16,17). The Morgan fingerprint density at radius 3 is 2.39 bits per heavy atom. The van der Waals surface area contributed by atoms with Crippen molar-refractivity contribution in [2.75, 3.05) is 18.5 Å². The minimum Gasteiger partial charge on any atom is -0.369 e. The summed E-state index contributed by atoms with van der Waals surface area (Å²) in [5, 5.41) is 3.25. The van der Waals surface area contributed by atoms with Crippen molar-refractivity contribution in [2.24, 2.45) is 0 Å². The number of aryl methyl sites for hydroxylation is 1. The zero-order valence-corrected chi connectivity index (χ0v) is 13.4. The van der Waals surface area contributed by atoms with Crippen molar-refractivity contribution in [1.82, 2.24) is 9.97 Å². The van der Waals surface area contributed by atoms with Crippen molar-refractivity contribution >= 4 is 21.7 Å². The number of anilines is 1. The van der Waals surface area contributed by atoms with Crippen molar-refractivity contribution < 1.29 is 4.74 Å². The van der Waals surface area contributed by atoms with Crippen molar-refractivity contribution in [3.63, 3.8) is 0 Å². The molecule has 0 saturated carbocycles. The summed E-state index contributed by atoms with van der Waals surface area (Å²) in [7, 11) is 0. The summed E-state index contributed by atoms with van der Waals surface area (Å²) in [5.41, 5.74) is 0.535. The van der Waals surface area contributed by atoms with Gasteiger partial charge in [-0.05, 0) is 50.0 Å². The van der Waals surface area contributed by atoms with Crippen LogP contribution in [-0.4, -0.2) is 23.1 Å². The summed E-state index contributed by atoms with van der Waals surface area (Å²) in [6.45, 7) is 11.6. The van der Waals surface area contributed by atoms with E-state index in [9.17, 15) is 0 Å². The van der Waals surface area contributed by atoms with Gasteiger partial charge in [-0.3, -0.25) is 0 Å². The van der Waals surface area contributed by atoms with Crippen LogP contribution in [0, 0.1) is 0 Å². The second-order valence-corrected chi connectivity index (χ2v) is 5.28. The fourth-order valence-electron chi connectivity index (χ4n) is 1.71. The zero-order valence-electron chi connectivity index (χ0n) is 11.8.